The lowest BCUT2D eigenvalue weighted by Crippen LogP contribution is -2.30. The minimum atomic E-state index is 0.698. The van der Waals surface area contributed by atoms with Crippen molar-refractivity contribution in [3.63, 3.8) is 0 Å². The van der Waals surface area contributed by atoms with Crippen LogP contribution < -0.4 is 5.32 Å². The highest BCUT2D eigenvalue weighted by atomic mass is 35.5. The van der Waals surface area contributed by atoms with Crippen molar-refractivity contribution in [3.05, 3.63) is 23.4 Å². The average Bonchev–Trinajstić information content (AvgIpc) is 2.60. The molecule has 1 saturated heterocycles. The molecule has 3 nitrogen and oxygen atoms in total. The number of hydrogen-bond donors (Lipinski definition) is 1. The van der Waals surface area contributed by atoms with Gasteiger partial charge in [0.15, 0.2) is 0 Å². The van der Waals surface area contributed by atoms with E-state index in [0.29, 0.717) is 5.02 Å². The number of nitrogens with one attached hydrogen (secondary N) is 1. The number of nitrogens with zero attached hydrogens (tertiary/aromatic N) is 2. The van der Waals surface area contributed by atoms with E-state index in [-0.39, 0.29) is 0 Å². The molecule has 0 aromatic carbocycles. The van der Waals surface area contributed by atoms with E-state index in [4.69, 9.17) is 11.6 Å². The molecule has 2 heterocycles. The number of likely N-dealkylation sites (tertiary alicyclic amines) is 1. The SMILES string of the molecule is Clc1cccnc1NCCN1CCCCCC1. The van der Waals surface area contributed by atoms with E-state index in [1.165, 1.54) is 38.8 Å². The Morgan fingerprint density at radius 2 is 2.00 bits per heavy atom. The molecule has 0 spiro atoms. The van der Waals surface area contributed by atoms with Crippen molar-refractivity contribution >= 4 is 17.4 Å². The average molecular weight is 254 g/mol. The first-order chi connectivity index (χ1) is 8.36. The van der Waals surface area contributed by atoms with Crippen molar-refractivity contribution in [1.82, 2.24) is 9.88 Å². The first-order valence-electron chi connectivity index (χ1n) is 6.43. The molecule has 2 rings (SSSR count). The number of aromatic nitrogens is 1. The van der Waals surface area contributed by atoms with Gasteiger partial charge in [0.1, 0.15) is 5.82 Å². The highest BCUT2D eigenvalue weighted by Gasteiger charge is 2.08. The van der Waals surface area contributed by atoms with Gasteiger partial charge >= 0.3 is 0 Å². The molecule has 1 aliphatic rings. The van der Waals surface area contributed by atoms with Gasteiger partial charge in [-0.3, -0.25) is 0 Å². The van der Waals surface area contributed by atoms with Crippen LogP contribution in [0.25, 0.3) is 0 Å². The van der Waals surface area contributed by atoms with Crippen LogP contribution in [-0.4, -0.2) is 36.1 Å². The Bertz CT molecular complexity index is 335. The second-order valence-corrected chi connectivity index (χ2v) is 4.92. The Kier molecular flexibility index (Phi) is 5.08. The molecule has 0 unspecified atom stereocenters. The summed E-state index contributed by atoms with van der Waals surface area (Å²) in [7, 11) is 0. The topological polar surface area (TPSA) is 28.2 Å². The van der Waals surface area contributed by atoms with Crippen LogP contribution in [0.1, 0.15) is 25.7 Å². The van der Waals surface area contributed by atoms with E-state index in [9.17, 15) is 0 Å². The van der Waals surface area contributed by atoms with E-state index < -0.39 is 0 Å². The molecule has 1 N–H and O–H groups in total. The lowest BCUT2D eigenvalue weighted by Gasteiger charge is -2.20. The van der Waals surface area contributed by atoms with E-state index in [1.54, 1.807) is 6.20 Å². The predicted octanol–water partition coefficient (Wildman–Crippen LogP) is 3.02. The molecule has 0 aliphatic carbocycles. The van der Waals surface area contributed by atoms with Gasteiger partial charge in [-0.15, -0.1) is 0 Å². The van der Waals surface area contributed by atoms with E-state index >= 15 is 0 Å². The maximum atomic E-state index is 6.03. The zero-order chi connectivity index (χ0) is 11.9. The van der Waals surface area contributed by atoms with Gasteiger partial charge in [-0.2, -0.15) is 0 Å². The van der Waals surface area contributed by atoms with Crippen LogP contribution in [0.4, 0.5) is 5.82 Å². The van der Waals surface area contributed by atoms with Gasteiger partial charge in [-0.25, -0.2) is 4.98 Å². The van der Waals surface area contributed by atoms with Crippen molar-refractivity contribution in [2.45, 2.75) is 25.7 Å². The summed E-state index contributed by atoms with van der Waals surface area (Å²) in [6.07, 6.45) is 7.21. The van der Waals surface area contributed by atoms with Crippen molar-refractivity contribution in [3.8, 4) is 0 Å². The maximum Gasteiger partial charge on any atom is 0.144 e. The van der Waals surface area contributed by atoms with Gasteiger partial charge in [-0.05, 0) is 38.1 Å². The van der Waals surface area contributed by atoms with Gasteiger partial charge < -0.3 is 10.2 Å². The largest absolute Gasteiger partial charge is 0.368 e. The highest BCUT2D eigenvalue weighted by Crippen LogP contribution is 2.17. The standard InChI is InChI=1S/C13H20ClN3/c14-12-6-5-7-15-13(12)16-8-11-17-9-3-1-2-4-10-17/h5-7H,1-4,8-11H2,(H,15,16). The minimum absolute atomic E-state index is 0.698. The number of hydrogen-bond acceptors (Lipinski definition) is 3. The van der Waals surface area contributed by atoms with Crippen LogP contribution in [0.2, 0.25) is 5.02 Å². The maximum absolute atomic E-state index is 6.03. The van der Waals surface area contributed by atoms with Crippen molar-refractivity contribution in [1.29, 1.82) is 0 Å². The predicted molar refractivity (Wildman–Crippen MR) is 72.6 cm³/mol. The summed E-state index contributed by atoms with van der Waals surface area (Å²) in [4.78, 5) is 6.74. The van der Waals surface area contributed by atoms with Crippen LogP contribution in [0.5, 0.6) is 0 Å². The van der Waals surface area contributed by atoms with Crippen molar-refractivity contribution < 1.29 is 0 Å². The Hall–Kier alpha value is -0.800. The molecule has 1 aromatic rings. The van der Waals surface area contributed by atoms with Crippen molar-refractivity contribution in [2.24, 2.45) is 0 Å². The van der Waals surface area contributed by atoms with Crippen LogP contribution in [0.3, 0.4) is 0 Å². The molecule has 0 amide bonds. The van der Waals surface area contributed by atoms with Gasteiger partial charge in [0.25, 0.3) is 0 Å². The molecule has 0 atom stereocenters. The zero-order valence-corrected chi connectivity index (χ0v) is 10.9. The van der Waals surface area contributed by atoms with E-state index in [2.05, 4.69) is 15.2 Å². The van der Waals surface area contributed by atoms with Gasteiger partial charge in [-0.1, -0.05) is 24.4 Å². The van der Waals surface area contributed by atoms with Gasteiger partial charge in [0.05, 0.1) is 5.02 Å². The summed E-state index contributed by atoms with van der Waals surface area (Å²) in [5, 5.41) is 3.99. The second kappa shape index (κ2) is 6.82. The highest BCUT2D eigenvalue weighted by molar-refractivity contribution is 6.32. The second-order valence-electron chi connectivity index (χ2n) is 4.52. The quantitative estimate of drug-likeness (QED) is 0.894. The lowest BCUT2D eigenvalue weighted by molar-refractivity contribution is 0.296. The number of anilines is 1. The van der Waals surface area contributed by atoms with E-state index in [1.807, 2.05) is 12.1 Å². The molecular formula is C13H20ClN3. The molecule has 0 bridgehead atoms. The third-order valence-electron chi connectivity index (χ3n) is 3.18. The zero-order valence-electron chi connectivity index (χ0n) is 10.2. The third kappa shape index (κ3) is 4.17. The van der Waals surface area contributed by atoms with Gasteiger partial charge in [0, 0.05) is 19.3 Å². The molecule has 4 heteroatoms. The van der Waals surface area contributed by atoms with Crippen molar-refractivity contribution in [2.75, 3.05) is 31.5 Å². The molecule has 1 fully saturated rings. The molecule has 1 aromatic heterocycles. The molecule has 17 heavy (non-hydrogen) atoms. The monoisotopic (exact) mass is 253 g/mol. The normalized spacial score (nSPS) is 17.7. The Labute approximate surface area is 108 Å². The summed E-state index contributed by atoms with van der Waals surface area (Å²) >= 11 is 6.03. The molecule has 94 valence electrons. The Morgan fingerprint density at radius 3 is 2.71 bits per heavy atom. The number of halogens is 1. The summed E-state index contributed by atoms with van der Waals surface area (Å²) < 4.78 is 0. The fourth-order valence-corrected chi connectivity index (χ4v) is 2.40. The van der Waals surface area contributed by atoms with E-state index in [0.717, 1.165) is 18.9 Å². The smallest absolute Gasteiger partial charge is 0.144 e. The Balaban J connectivity index is 1.73. The summed E-state index contributed by atoms with van der Waals surface area (Å²) in [6.45, 7) is 4.46. The molecule has 0 saturated carbocycles. The fraction of sp³-hybridized carbons (Fsp3) is 0.615. The van der Waals surface area contributed by atoms with Gasteiger partial charge in [0.2, 0.25) is 0 Å². The molecule has 0 radical (unpaired) electrons. The van der Waals surface area contributed by atoms with Crippen LogP contribution in [-0.2, 0) is 0 Å². The first kappa shape index (κ1) is 12.7. The third-order valence-corrected chi connectivity index (χ3v) is 3.48. The minimum Gasteiger partial charge on any atom is -0.368 e. The lowest BCUT2D eigenvalue weighted by atomic mass is 10.2. The van der Waals surface area contributed by atoms with Crippen LogP contribution >= 0.6 is 11.6 Å². The molecular weight excluding hydrogens is 234 g/mol. The summed E-state index contributed by atoms with van der Waals surface area (Å²) in [5.41, 5.74) is 0. The van der Waals surface area contributed by atoms with Crippen LogP contribution in [0.15, 0.2) is 18.3 Å². The summed E-state index contributed by atoms with van der Waals surface area (Å²) in [6, 6.07) is 3.71. The fourth-order valence-electron chi connectivity index (χ4n) is 2.21. The first-order valence-corrected chi connectivity index (χ1v) is 6.81. The summed E-state index contributed by atoms with van der Waals surface area (Å²) in [5.74, 6) is 0.795. The number of rotatable bonds is 4. The Morgan fingerprint density at radius 1 is 1.24 bits per heavy atom. The molecule has 1 aliphatic heterocycles. The number of pyridine rings is 1. The van der Waals surface area contributed by atoms with Crippen LogP contribution in [0, 0.1) is 0 Å².